The second-order valence-electron chi connectivity index (χ2n) is 8.03. The maximum atomic E-state index is 6.44. The van der Waals surface area contributed by atoms with E-state index < -0.39 is 0 Å². The molecule has 0 N–H and O–H groups in total. The standard InChI is InChI=1S/C31H21NO/c1-3-9-22(10-4-1)23-15-17-24(18-16-23)30-26-13-7-8-14-27(26)31(28-19-20-32-21-29(28)30)33-25-11-5-2-6-12-25/h1-21H. The van der Waals surface area contributed by atoms with Gasteiger partial charge in [0.15, 0.2) is 0 Å². The summed E-state index contributed by atoms with van der Waals surface area (Å²) in [5.74, 6) is 1.68. The van der Waals surface area contributed by atoms with E-state index in [1.165, 1.54) is 16.7 Å². The van der Waals surface area contributed by atoms with E-state index in [0.29, 0.717) is 0 Å². The van der Waals surface area contributed by atoms with E-state index in [4.69, 9.17) is 4.74 Å². The van der Waals surface area contributed by atoms with Gasteiger partial charge in [0.05, 0.1) is 0 Å². The van der Waals surface area contributed by atoms with Gasteiger partial charge in [-0.3, -0.25) is 4.98 Å². The Kier molecular flexibility index (Phi) is 4.82. The Morgan fingerprint density at radius 3 is 1.79 bits per heavy atom. The molecule has 0 unspecified atom stereocenters. The lowest BCUT2D eigenvalue weighted by Gasteiger charge is -2.17. The lowest BCUT2D eigenvalue weighted by Crippen LogP contribution is -1.92. The first-order valence-electron chi connectivity index (χ1n) is 11.1. The van der Waals surface area contributed by atoms with Crippen LogP contribution in [-0.4, -0.2) is 4.98 Å². The number of hydrogen-bond acceptors (Lipinski definition) is 2. The van der Waals surface area contributed by atoms with Crippen molar-refractivity contribution in [2.24, 2.45) is 0 Å². The molecule has 6 rings (SSSR count). The van der Waals surface area contributed by atoms with Gasteiger partial charge in [-0.15, -0.1) is 0 Å². The lowest BCUT2D eigenvalue weighted by atomic mass is 9.91. The normalized spacial score (nSPS) is 11.0. The van der Waals surface area contributed by atoms with E-state index in [-0.39, 0.29) is 0 Å². The van der Waals surface area contributed by atoms with Gasteiger partial charge < -0.3 is 4.74 Å². The second kappa shape index (κ2) is 8.25. The molecule has 156 valence electrons. The summed E-state index contributed by atoms with van der Waals surface area (Å²) in [5.41, 5.74) is 4.76. The van der Waals surface area contributed by atoms with E-state index in [2.05, 4.69) is 77.8 Å². The molecule has 6 aromatic rings. The predicted octanol–water partition coefficient (Wildman–Crippen LogP) is 8.51. The van der Waals surface area contributed by atoms with Crippen molar-refractivity contribution in [3.05, 3.63) is 128 Å². The first kappa shape index (κ1) is 19.3. The number of benzene rings is 5. The average molecular weight is 424 g/mol. The maximum absolute atomic E-state index is 6.44. The van der Waals surface area contributed by atoms with Crippen LogP contribution in [0.5, 0.6) is 11.5 Å². The Labute approximate surface area is 192 Å². The van der Waals surface area contributed by atoms with Gasteiger partial charge in [-0.05, 0) is 45.8 Å². The zero-order valence-electron chi connectivity index (χ0n) is 18.0. The van der Waals surface area contributed by atoms with Crippen LogP contribution in [0.3, 0.4) is 0 Å². The monoisotopic (exact) mass is 423 g/mol. The van der Waals surface area contributed by atoms with Crippen LogP contribution in [0.2, 0.25) is 0 Å². The van der Waals surface area contributed by atoms with Crippen LogP contribution < -0.4 is 4.74 Å². The fourth-order valence-corrected chi connectivity index (χ4v) is 4.47. The number of hydrogen-bond donors (Lipinski definition) is 0. The summed E-state index contributed by atoms with van der Waals surface area (Å²) in [6.45, 7) is 0. The molecule has 0 radical (unpaired) electrons. The third-order valence-electron chi connectivity index (χ3n) is 6.02. The second-order valence-corrected chi connectivity index (χ2v) is 8.03. The van der Waals surface area contributed by atoms with Crippen molar-refractivity contribution < 1.29 is 4.74 Å². The summed E-state index contributed by atoms with van der Waals surface area (Å²) < 4.78 is 6.44. The summed E-state index contributed by atoms with van der Waals surface area (Å²) in [5, 5.41) is 4.36. The zero-order valence-corrected chi connectivity index (χ0v) is 18.0. The Balaban J connectivity index is 1.58. The zero-order chi connectivity index (χ0) is 22.0. The first-order valence-corrected chi connectivity index (χ1v) is 11.1. The molecule has 0 aliphatic rings. The third kappa shape index (κ3) is 3.52. The number of para-hydroxylation sites is 1. The van der Waals surface area contributed by atoms with Crippen molar-refractivity contribution >= 4 is 21.5 Å². The topological polar surface area (TPSA) is 22.1 Å². The average Bonchev–Trinajstić information content (AvgIpc) is 2.90. The summed E-state index contributed by atoms with van der Waals surface area (Å²) in [7, 11) is 0. The van der Waals surface area contributed by atoms with Gasteiger partial charge >= 0.3 is 0 Å². The van der Waals surface area contributed by atoms with Crippen molar-refractivity contribution in [3.63, 3.8) is 0 Å². The van der Waals surface area contributed by atoms with E-state index in [9.17, 15) is 0 Å². The summed E-state index contributed by atoms with van der Waals surface area (Å²) in [6, 6.07) is 39.7. The quantitative estimate of drug-likeness (QED) is 0.265. The molecule has 33 heavy (non-hydrogen) atoms. The molecule has 0 aliphatic carbocycles. The summed E-state index contributed by atoms with van der Waals surface area (Å²) in [6.07, 6.45) is 3.78. The molecule has 0 bridgehead atoms. The number of rotatable bonds is 4. The van der Waals surface area contributed by atoms with E-state index >= 15 is 0 Å². The van der Waals surface area contributed by atoms with Gasteiger partial charge in [0, 0.05) is 28.6 Å². The highest BCUT2D eigenvalue weighted by Crippen LogP contribution is 2.44. The SMILES string of the molecule is c1ccc(Oc2c3ccccc3c(-c3ccc(-c4ccccc4)cc3)c3cnccc23)cc1. The Bertz CT molecular complexity index is 1500. The highest BCUT2D eigenvalue weighted by atomic mass is 16.5. The van der Waals surface area contributed by atoms with Crippen LogP contribution in [0.1, 0.15) is 0 Å². The molecule has 5 aromatic carbocycles. The van der Waals surface area contributed by atoms with E-state index in [1.807, 2.05) is 54.9 Å². The largest absolute Gasteiger partial charge is 0.456 e. The number of ether oxygens (including phenoxy) is 1. The maximum Gasteiger partial charge on any atom is 0.143 e. The molecule has 0 saturated heterocycles. The van der Waals surface area contributed by atoms with Crippen molar-refractivity contribution in [3.8, 4) is 33.8 Å². The van der Waals surface area contributed by atoms with E-state index in [1.54, 1.807) is 0 Å². The molecule has 0 fully saturated rings. The molecular formula is C31H21NO. The molecule has 0 aliphatic heterocycles. The number of aromatic nitrogens is 1. The highest BCUT2D eigenvalue weighted by molar-refractivity contribution is 6.16. The summed E-state index contributed by atoms with van der Waals surface area (Å²) >= 11 is 0. The van der Waals surface area contributed by atoms with Crippen LogP contribution >= 0.6 is 0 Å². The van der Waals surface area contributed by atoms with Gasteiger partial charge in [-0.25, -0.2) is 0 Å². The minimum atomic E-state index is 0.820. The minimum Gasteiger partial charge on any atom is -0.456 e. The molecule has 2 nitrogen and oxygen atoms in total. The van der Waals surface area contributed by atoms with Crippen LogP contribution in [0.15, 0.2) is 128 Å². The molecular weight excluding hydrogens is 402 g/mol. The Morgan fingerprint density at radius 2 is 1.03 bits per heavy atom. The molecule has 1 aromatic heterocycles. The van der Waals surface area contributed by atoms with Crippen molar-refractivity contribution in [1.29, 1.82) is 0 Å². The molecule has 0 atom stereocenters. The van der Waals surface area contributed by atoms with Crippen molar-refractivity contribution in [1.82, 2.24) is 4.98 Å². The van der Waals surface area contributed by atoms with Gasteiger partial charge in [-0.1, -0.05) is 97.1 Å². The van der Waals surface area contributed by atoms with Gasteiger partial charge in [0.1, 0.15) is 11.5 Å². The van der Waals surface area contributed by atoms with E-state index in [0.717, 1.165) is 38.6 Å². The third-order valence-corrected chi connectivity index (χ3v) is 6.02. The number of pyridine rings is 1. The molecule has 0 spiro atoms. The molecule has 0 saturated carbocycles. The summed E-state index contributed by atoms with van der Waals surface area (Å²) in [4.78, 5) is 4.46. The number of nitrogens with zero attached hydrogens (tertiary/aromatic N) is 1. The highest BCUT2D eigenvalue weighted by Gasteiger charge is 2.17. The fraction of sp³-hybridized carbons (Fsp3) is 0. The van der Waals surface area contributed by atoms with Crippen molar-refractivity contribution in [2.45, 2.75) is 0 Å². The fourth-order valence-electron chi connectivity index (χ4n) is 4.47. The van der Waals surface area contributed by atoms with Crippen LogP contribution in [0, 0.1) is 0 Å². The first-order chi connectivity index (χ1) is 16.4. The van der Waals surface area contributed by atoms with Crippen LogP contribution in [0.4, 0.5) is 0 Å². The Morgan fingerprint density at radius 1 is 0.455 bits per heavy atom. The van der Waals surface area contributed by atoms with Gasteiger partial charge in [0.25, 0.3) is 0 Å². The van der Waals surface area contributed by atoms with Crippen LogP contribution in [0.25, 0.3) is 43.8 Å². The van der Waals surface area contributed by atoms with Crippen LogP contribution in [-0.2, 0) is 0 Å². The molecule has 0 amide bonds. The van der Waals surface area contributed by atoms with Gasteiger partial charge in [0.2, 0.25) is 0 Å². The molecule has 1 heterocycles. The van der Waals surface area contributed by atoms with Gasteiger partial charge in [-0.2, -0.15) is 0 Å². The van der Waals surface area contributed by atoms with Crippen molar-refractivity contribution in [2.75, 3.05) is 0 Å². The number of fused-ring (bicyclic) bond motifs is 2. The molecule has 2 heteroatoms. The lowest BCUT2D eigenvalue weighted by molar-refractivity contribution is 0.494. The smallest absolute Gasteiger partial charge is 0.143 e. The minimum absolute atomic E-state index is 0.820. The predicted molar refractivity (Wildman–Crippen MR) is 137 cm³/mol. The Hall–Kier alpha value is -4.43.